The van der Waals surface area contributed by atoms with E-state index in [1.165, 1.54) is 18.5 Å². The Morgan fingerprint density at radius 2 is 2.35 bits per heavy atom. The molecule has 0 saturated carbocycles. The molecule has 1 fully saturated rings. The third-order valence-corrected chi connectivity index (χ3v) is 3.37. The zero-order valence-electron chi connectivity index (χ0n) is 10.6. The van der Waals surface area contributed by atoms with Crippen LogP contribution < -0.4 is 20.7 Å². The molecule has 0 bridgehead atoms. The molecule has 1 aliphatic heterocycles. The van der Waals surface area contributed by atoms with Crippen LogP contribution in [0.4, 0.5) is 11.4 Å². The van der Waals surface area contributed by atoms with Gasteiger partial charge in [-0.25, -0.2) is 0 Å². The molecule has 3 N–H and O–H groups in total. The van der Waals surface area contributed by atoms with Gasteiger partial charge in [-0.05, 0) is 32.0 Å². The molecule has 0 aromatic heterocycles. The second-order valence-corrected chi connectivity index (χ2v) is 4.47. The Morgan fingerprint density at radius 1 is 1.53 bits per heavy atom. The number of hydrogen-bond donors (Lipinski definition) is 2. The summed E-state index contributed by atoms with van der Waals surface area (Å²) in [6.45, 7) is 2.13. The molecule has 0 radical (unpaired) electrons. The van der Waals surface area contributed by atoms with Crippen molar-refractivity contribution in [3.05, 3.63) is 18.2 Å². The average Bonchev–Trinajstić information content (AvgIpc) is 2.78. The maximum Gasteiger partial charge on any atom is 0.143 e. The van der Waals surface area contributed by atoms with E-state index in [0.29, 0.717) is 11.7 Å². The second-order valence-electron chi connectivity index (χ2n) is 4.47. The van der Waals surface area contributed by atoms with Gasteiger partial charge in [0.2, 0.25) is 0 Å². The summed E-state index contributed by atoms with van der Waals surface area (Å²) >= 11 is 0. The summed E-state index contributed by atoms with van der Waals surface area (Å²) in [6, 6.07) is 6.60. The van der Waals surface area contributed by atoms with Crippen molar-refractivity contribution in [1.82, 2.24) is 5.32 Å². The molecule has 17 heavy (non-hydrogen) atoms. The van der Waals surface area contributed by atoms with Gasteiger partial charge in [0.05, 0.1) is 12.8 Å². The first-order valence-corrected chi connectivity index (χ1v) is 6.11. The lowest BCUT2D eigenvalue weighted by atomic mass is 10.2. The molecule has 1 saturated heterocycles. The fourth-order valence-electron chi connectivity index (χ4n) is 2.50. The molecule has 1 heterocycles. The number of nitrogens with zero attached hydrogens (tertiary/aromatic N) is 1. The molecule has 1 unspecified atom stereocenters. The van der Waals surface area contributed by atoms with Crippen molar-refractivity contribution in [3.8, 4) is 5.75 Å². The number of hydrogen-bond acceptors (Lipinski definition) is 4. The largest absolute Gasteiger partial charge is 0.495 e. The van der Waals surface area contributed by atoms with E-state index in [4.69, 9.17) is 10.5 Å². The molecule has 94 valence electrons. The smallest absolute Gasteiger partial charge is 0.143 e. The Kier molecular flexibility index (Phi) is 3.74. The molecule has 4 heteroatoms. The Hall–Kier alpha value is -1.42. The van der Waals surface area contributed by atoms with E-state index >= 15 is 0 Å². The van der Waals surface area contributed by atoms with Gasteiger partial charge in [0.25, 0.3) is 0 Å². The Labute approximate surface area is 103 Å². The molecule has 0 aliphatic carbocycles. The number of methoxy groups -OCH3 is 1. The highest BCUT2D eigenvalue weighted by atomic mass is 16.5. The number of nitrogen functional groups attached to an aromatic ring is 1. The minimum absolute atomic E-state index is 0.577. The number of nitrogens with two attached hydrogens (primary N) is 1. The zero-order chi connectivity index (χ0) is 12.3. The van der Waals surface area contributed by atoms with Gasteiger partial charge < -0.3 is 20.7 Å². The number of anilines is 2. The predicted molar refractivity (Wildman–Crippen MR) is 71.7 cm³/mol. The summed E-state index contributed by atoms with van der Waals surface area (Å²) in [5.74, 6) is 0.762. The highest BCUT2D eigenvalue weighted by molar-refractivity contribution is 5.63. The zero-order valence-corrected chi connectivity index (χ0v) is 10.6. The maximum absolute atomic E-state index is 5.84. The average molecular weight is 235 g/mol. The van der Waals surface area contributed by atoms with Crippen LogP contribution in [0.1, 0.15) is 12.8 Å². The van der Waals surface area contributed by atoms with Crippen LogP contribution in [0, 0.1) is 0 Å². The van der Waals surface area contributed by atoms with Crippen LogP contribution in [0.2, 0.25) is 0 Å². The van der Waals surface area contributed by atoms with Gasteiger partial charge in [0.15, 0.2) is 0 Å². The van der Waals surface area contributed by atoms with Crippen LogP contribution in [0.3, 0.4) is 0 Å². The lowest BCUT2D eigenvalue weighted by molar-refractivity contribution is 0.417. The molecule has 1 aliphatic rings. The molecular weight excluding hydrogens is 214 g/mol. The summed E-state index contributed by atoms with van der Waals surface area (Å²) in [5.41, 5.74) is 7.73. The van der Waals surface area contributed by atoms with Crippen molar-refractivity contribution in [2.45, 2.75) is 18.9 Å². The summed E-state index contributed by atoms with van der Waals surface area (Å²) in [7, 11) is 3.66. The number of rotatable bonds is 4. The molecule has 1 aromatic carbocycles. The van der Waals surface area contributed by atoms with Crippen molar-refractivity contribution < 1.29 is 4.74 Å². The molecule has 4 nitrogen and oxygen atoms in total. The van der Waals surface area contributed by atoms with Crippen molar-refractivity contribution in [1.29, 1.82) is 0 Å². The van der Waals surface area contributed by atoms with Crippen LogP contribution >= 0.6 is 0 Å². The number of ether oxygens (including phenoxy) is 1. The van der Waals surface area contributed by atoms with Crippen LogP contribution in [0.5, 0.6) is 5.75 Å². The van der Waals surface area contributed by atoms with Gasteiger partial charge in [-0.15, -0.1) is 0 Å². The Balaban J connectivity index is 2.21. The normalized spacial score (nSPS) is 19.6. The third kappa shape index (κ3) is 2.47. The van der Waals surface area contributed by atoms with Crippen molar-refractivity contribution in [3.63, 3.8) is 0 Å². The lowest BCUT2D eigenvalue weighted by Gasteiger charge is -2.27. The minimum atomic E-state index is 0.577. The van der Waals surface area contributed by atoms with E-state index in [2.05, 4.69) is 16.3 Å². The van der Waals surface area contributed by atoms with E-state index in [9.17, 15) is 0 Å². The summed E-state index contributed by atoms with van der Waals surface area (Å²) in [5, 5.41) is 3.25. The highest BCUT2D eigenvalue weighted by Gasteiger charge is 2.24. The summed E-state index contributed by atoms with van der Waals surface area (Å²) < 4.78 is 5.27. The van der Waals surface area contributed by atoms with E-state index in [1.807, 2.05) is 19.2 Å². The van der Waals surface area contributed by atoms with Gasteiger partial charge in [-0.2, -0.15) is 0 Å². The minimum Gasteiger partial charge on any atom is -0.495 e. The van der Waals surface area contributed by atoms with E-state index in [1.54, 1.807) is 7.11 Å². The molecule has 0 amide bonds. The van der Waals surface area contributed by atoms with Gasteiger partial charge in [0, 0.05) is 30.9 Å². The Morgan fingerprint density at radius 3 is 3.06 bits per heavy atom. The van der Waals surface area contributed by atoms with Crippen molar-refractivity contribution in [2.75, 3.05) is 37.9 Å². The third-order valence-electron chi connectivity index (χ3n) is 3.37. The van der Waals surface area contributed by atoms with Crippen molar-refractivity contribution in [2.24, 2.45) is 0 Å². The monoisotopic (exact) mass is 235 g/mol. The molecule has 1 atom stereocenters. The Bertz CT molecular complexity index is 381. The van der Waals surface area contributed by atoms with Crippen molar-refractivity contribution >= 4 is 11.4 Å². The standard InChI is InChI=1S/C13H21N3O/c1-15-9-11-4-3-7-16(11)10-5-6-12(14)13(8-10)17-2/h5-6,8,11,15H,3-4,7,9,14H2,1-2H3. The van der Waals surface area contributed by atoms with E-state index < -0.39 is 0 Å². The molecule has 0 spiro atoms. The molecular formula is C13H21N3O. The van der Waals surface area contributed by atoms with Crippen LogP contribution in [-0.2, 0) is 0 Å². The number of benzene rings is 1. The summed E-state index contributed by atoms with van der Waals surface area (Å²) in [6.07, 6.45) is 2.49. The van der Waals surface area contributed by atoms with E-state index in [0.717, 1.165) is 18.8 Å². The fraction of sp³-hybridized carbons (Fsp3) is 0.538. The van der Waals surface area contributed by atoms with Gasteiger partial charge in [-0.1, -0.05) is 0 Å². The predicted octanol–water partition coefficient (Wildman–Crippen LogP) is 1.47. The maximum atomic E-state index is 5.84. The highest BCUT2D eigenvalue weighted by Crippen LogP contribution is 2.31. The SMILES string of the molecule is CNCC1CCCN1c1ccc(N)c(OC)c1. The first kappa shape index (κ1) is 12.0. The lowest BCUT2D eigenvalue weighted by Crippen LogP contribution is -2.36. The number of nitrogens with one attached hydrogen (secondary N) is 1. The quantitative estimate of drug-likeness (QED) is 0.776. The van der Waals surface area contributed by atoms with Gasteiger partial charge >= 0.3 is 0 Å². The van der Waals surface area contributed by atoms with Gasteiger partial charge in [-0.3, -0.25) is 0 Å². The molecule has 2 rings (SSSR count). The number of likely N-dealkylation sites (N-methyl/N-ethyl adjacent to an activating group) is 1. The van der Waals surface area contributed by atoms with Crippen LogP contribution in [0.25, 0.3) is 0 Å². The van der Waals surface area contributed by atoms with Crippen LogP contribution in [-0.4, -0.2) is 33.3 Å². The van der Waals surface area contributed by atoms with Gasteiger partial charge in [0.1, 0.15) is 5.75 Å². The fourth-order valence-corrected chi connectivity index (χ4v) is 2.50. The molecule has 1 aromatic rings. The van der Waals surface area contributed by atoms with Crippen LogP contribution in [0.15, 0.2) is 18.2 Å². The first-order chi connectivity index (χ1) is 8.26. The second kappa shape index (κ2) is 5.27. The first-order valence-electron chi connectivity index (χ1n) is 6.11. The summed E-state index contributed by atoms with van der Waals surface area (Å²) in [4.78, 5) is 2.43. The van der Waals surface area contributed by atoms with E-state index in [-0.39, 0.29) is 0 Å². The topological polar surface area (TPSA) is 50.5 Å².